The zero-order valence-corrected chi connectivity index (χ0v) is 16.0. The summed E-state index contributed by atoms with van der Waals surface area (Å²) in [7, 11) is 2.73. The van der Waals surface area contributed by atoms with Crippen molar-refractivity contribution in [3.8, 4) is 0 Å². The number of rotatable bonds is 9. The summed E-state index contributed by atoms with van der Waals surface area (Å²) in [6.45, 7) is 8.57. The number of epoxide rings is 1. The van der Waals surface area contributed by atoms with Gasteiger partial charge in [0, 0.05) is 33.1 Å². The highest BCUT2D eigenvalue weighted by atomic mass is 32.2. The lowest BCUT2D eigenvalue weighted by Gasteiger charge is -2.20. The van der Waals surface area contributed by atoms with Crippen molar-refractivity contribution in [3.63, 3.8) is 0 Å². The van der Waals surface area contributed by atoms with Gasteiger partial charge in [-0.3, -0.25) is 0 Å². The fourth-order valence-electron chi connectivity index (χ4n) is 1.26. The first kappa shape index (κ1) is 20.3. The van der Waals surface area contributed by atoms with E-state index in [0.717, 1.165) is 43.0 Å². The van der Waals surface area contributed by atoms with Crippen LogP contribution >= 0.6 is 24.0 Å². The van der Waals surface area contributed by atoms with Crippen LogP contribution in [0.5, 0.6) is 0 Å². The van der Waals surface area contributed by atoms with E-state index in [9.17, 15) is 0 Å². The van der Waals surface area contributed by atoms with Crippen LogP contribution < -0.4 is 0 Å². The van der Waals surface area contributed by atoms with Crippen LogP contribution in [-0.2, 0) is 18.3 Å². The van der Waals surface area contributed by atoms with Crippen LogP contribution in [0.3, 0.4) is 0 Å². The maximum atomic E-state index is 5.43. The molecule has 1 rings (SSSR count). The van der Waals surface area contributed by atoms with Crippen LogP contribution in [0, 0.1) is 0 Å². The third-order valence-electron chi connectivity index (χ3n) is 2.42. The number of thioether (sulfide) groups is 1. The van der Waals surface area contributed by atoms with Gasteiger partial charge < -0.3 is 23.2 Å². The third kappa shape index (κ3) is 12.1. The monoisotopic (exact) mass is 341 g/mol. The molecule has 1 atom stereocenters. The number of nitrogens with zero attached hydrogens (tertiary/aromatic N) is 1. The van der Waals surface area contributed by atoms with Gasteiger partial charge in [-0.15, -0.1) is 0 Å². The lowest BCUT2D eigenvalue weighted by atomic mass is 10.5. The lowest BCUT2D eigenvalue weighted by molar-refractivity contribution is 0.130. The van der Waals surface area contributed by atoms with E-state index in [2.05, 4.69) is 27.6 Å². The molecule has 20 heavy (non-hydrogen) atoms. The summed E-state index contributed by atoms with van der Waals surface area (Å²) < 4.78 is 20.7. The molecule has 0 amide bonds. The molecule has 0 spiro atoms. The minimum absolute atomic E-state index is 0.365. The smallest absolute Gasteiger partial charge is 0.303 e. The van der Waals surface area contributed by atoms with Crippen molar-refractivity contribution in [2.24, 2.45) is 0 Å². The molecule has 5 nitrogen and oxygen atoms in total. The Balaban J connectivity index is 0.000000621. The summed E-state index contributed by atoms with van der Waals surface area (Å²) in [6, 6.07) is 0. The summed E-state index contributed by atoms with van der Waals surface area (Å²) in [4.78, 5) is 2.18. The number of thiocarbonyl (C=S) groups is 1. The molecular formula is C12H27NO4S2Si. The molecule has 8 heteroatoms. The Hall–Kier alpha value is 0.297. The Morgan fingerprint density at radius 3 is 2.35 bits per heavy atom. The Morgan fingerprint density at radius 1 is 1.35 bits per heavy atom. The first-order valence-corrected chi connectivity index (χ1v) is 9.33. The normalized spacial score (nSPS) is 16.3. The fraction of sp³-hybridized carbons (Fsp3) is 0.917. The predicted octanol–water partition coefficient (Wildman–Crippen LogP) is 1.04. The van der Waals surface area contributed by atoms with E-state index in [1.54, 1.807) is 26.0 Å². The molecule has 0 aromatic carbocycles. The van der Waals surface area contributed by atoms with Crippen molar-refractivity contribution < 1.29 is 18.3 Å². The van der Waals surface area contributed by atoms with Gasteiger partial charge in [0.2, 0.25) is 0 Å². The first-order valence-electron chi connectivity index (χ1n) is 6.78. The van der Waals surface area contributed by atoms with Crippen molar-refractivity contribution in [3.05, 3.63) is 0 Å². The molecule has 0 N–H and O–H groups in total. The van der Waals surface area contributed by atoms with Gasteiger partial charge >= 0.3 is 10.0 Å². The Labute approximate surface area is 134 Å². The summed E-state index contributed by atoms with van der Waals surface area (Å²) in [5, 5.41) is 0. The van der Waals surface area contributed by atoms with Gasteiger partial charge in [-0.25, -0.2) is 0 Å². The van der Waals surface area contributed by atoms with Crippen molar-refractivity contribution >= 4 is 38.3 Å². The largest absolute Gasteiger partial charge is 0.402 e. The molecule has 0 saturated carbocycles. The maximum Gasteiger partial charge on any atom is 0.303 e. The fourth-order valence-corrected chi connectivity index (χ4v) is 2.82. The van der Waals surface area contributed by atoms with Gasteiger partial charge in [-0.2, -0.15) is 0 Å². The highest BCUT2D eigenvalue weighted by molar-refractivity contribution is 8.22. The van der Waals surface area contributed by atoms with Crippen LogP contribution in [0.4, 0.5) is 0 Å². The second kappa shape index (κ2) is 14.2. The minimum Gasteiger partial charge on any atom is -0.402 e. The van der Waals surface area contributed by atoms with E-state index in [0.29, 0.717) is 6.10 Å². The van der Waals surface area contributed by atoms with E-state index < -0.39 is 10.0 Å². The lowest BCUT2D eigenvalue weighted by Crippen LogP contribution is -2.27. The van der Waals surface area contributed by atoms with Crippen LogP contribution in [0.2, 0.25) is 0 Å². The van der Waals surface area contributed by atoms with Crippen molar-refractivity contribution in [1.82, 2.24) is 4.90 Å². The van der Waals surface area contributed by atoms with Crippen LogP contribution in [0.1, 0.15) is 13.8 Å². The van der Waals surface area contributed by atoms with E-state index in [1.807, 2.05) is 0 Å². The molecule has 1 unspecified atom stereocenters. The average molecular weight is 342 g/mol. The molecule has 1 fully saturated rings. The van der Waals surface area contributed by atoms with E-state index in [-0.39, 0.29) is 0 Å². The SMILES string of the molecule is CCN(CC)C(=S)SCCOCC1CO1.CO[SiH2]OC. The molecule has 0 aliphatic carbocycles. The highest BCUT2D eigenvalue weighted by Gasteiger charge is 2.22. The molecule has 1 aliphatic heterocycles. The van der Waals surface area contributed by atoms with Gasteiger partial charge in [0.15, 0.2) is 0 Å². The maximum absolute atomic E-state index is 5.43. The number of hydrogen-bond donors (Lipinski definition) is 0. The topological polar surface area (TPSA) is 43.5 Å². The second-order valence-electron chi connectivity index (χ2n) is 4.01. The van der Waals surface area contributed by atoms with E-state index in [1.165, 1.54) is 0 Å². The molecule has 120 valence electrons. The molecule has 0 radical (unpaired) electrons. The zero-order chi connectivity index (χ0) is 15.2. The number of hydrogen-bond acceptors (Lipinski definition) is 6. The second-order valence-corrected chi connectivity index (χ2v) is 7.13. The van der Waals surface area contributed by atoms with E-state index >= 15 is 0 Å². The molecule has 1 saturated heterocycles. The molecule has 1 heterocycles. The standard InChI is InChI=1S/C10H19NO2S2.C2H8O2Si/c1-3-11(4-2)10(14)15-6-5-12-7-9-8-13-9;1-3-5-4-2/h9H,3-8H2,1-2H3;5H2,1-2H3. The molecule has 0 bridgehead atoms. The van der Waals surface area contributed by atoms with Crippen LogP contribution in [0.25, 0.3) is 0 Å². The molecule has 0 aromatic heterocycles. The quantitative estimate of drug-likeness (QED) is 0.269. The van der Waals surface area contributed by atoms with Crippen molar-refractivity contribution in [2.75, 3.05) is 52.9 Å². The predicted molar refractivity (Wildman–Crippen MR) is 91.1 cm³/mol. The van der Waals surface area contributed by atoms with Gasteiger partial charge in [-0.05, 0) is 13.8 Å². The summed E-state index contributed by atoms with van der Waals surface area (Å²) >= 11 is 6.99. The summed E-state index contributed by atoms with van der Waals surface area (Å²) in [5.74, 6) is 0.933. The van der Waals surface area contributed by atoms with Gasteiger partial charge in [0.05, 0.1) is 19.8 Å². The average Bonchev–Trinajstić information content (AvgIpc) is 3.25. The molecular weight excluding hydrogens is 314 g/mol. The van der Waals surface area contributed by atoms with E-state index in [4.69, 9.17) is 21.7 Å². The number of ether oxygens (including phenoxy) is 2. The van der Waals surface area contributed by atoms with Crippen molar-refractivity contribution in [1.29, 1.82) is 0 Å². The molecule has 1 aliphatic rings. The Morgan fingerprint density at radius 2 is 1.95 bits per heavy atom. The van der Waals surface area contributed by atoms with Gasteiger partial charge in [0.25, 0.3) is 0 Å². The minimum atomic E-state index is -0.568. The Bertz CT molecular complexity index is 239. The van der Waals surface area contributed by atoms with Crippen molar-refractivity contribution in [2.45, 2.75) is 20.0 Å². The Kier molecular flexibility index (Phi) is 14.5. The first-order chi connectivity index (χ1) is 9.69. The highest BCUT2D eigenvalue weighted by Crippen LogP contribution is 2.11. The zero-order valence-electron chi connectivity index (χ0n) is 12.9. The van der Waals surface area contributed by atoms with Gasteiger partial charge in [0.1, 0.15) is 10.4 Å². The van der Waals surface area contributed by atoms with Crippen LogP contribution in [0.15, 0.2) is 0 Å². The van der Waals surface area contributed by atoms with Crippen LogP contribution in [-0.4, -0.2) is 78.2 Å². The molecule has 0 aromatic rings. The summed E-state index contributed by atoms with van der Waals surface area (Å²) in [6.07, 6.45) is 0.365. The third-order valence-corrected chi connectivity index (χ3v) is 4.38. The van der Waals surface area contributed by atoms with Gasteiger partial charge in [-0.1, -0.05) is 24.0 Å². The summed E-state index contributed by atoms with van der Waals surface area (Å²) in [5.41, 5.74) is 0.